The highest BCUT2D eigenvalue weighted by Gasteiger charge is 2.33. The molecule has 27 heavy (non-hydrogen) atoms. The predicted molar refractivity (Wildman–Crippen MR) is 101 cm³/mol. The predicted octanol–water partition coefficient (Wildman–Crippen LogP) is 8.04. The third-order valence-corrected chi connectivity index (χ3v) is 7.62. The molecule has 5 heteroatoms. The van der Waals surface area contributed by atoms with Gasteiger partial charge in [0.05, 0.1) is 0 Å². The van der Waals surface area contributed by atoms with E-state index in [1.165, 1.54) is 44.6 Å². The van der Waals surface area contributed by atoms with Crippen molar-refractivity contribution in [2.75, 3.05) is 0 Å². The molecule has 2 fully saturated rings. The van der Waals surface area contributed by atoms with Gasteiger partial charge in [0.1, 0.15) is 10.7 Å². The molecule has 4 rings (SSSR count). The van der Waals surface area contributed by atoms with Gasteiger partial charge in [-0.3, -0.25) is 0 Å². The monoisotopic (exact) mass is 396 g/mol. The molecule has 2 saturated carbocycles. The highest BCUT2D eigenvalue weighted by atomic mass is 32.1. The van der Waals surface area contributed by atoms with Gasteiger partial charge < -0.3 is 0 Å². The number of benzene rings is 1. The third-order valence-electron chi connectivity index (χ3n) is 6.45. The molecule has 146 valence electrons. The SMILES string of the molecule is Fc1cc(C2CCC(C3CCCC3)CC2)ccc1-c1ccc(C(F)(F)F)s1. The minimum Gasteiger partial charge on any atom is -0.206 e. The lowest BCUT2D eigenvalue weighted by Crippen LogP contribution is -2.19. The average Bonchev–Trinajstić information content (AvgIpc) is 3.33. The van der Waals surface area contributed by atoms with E-state index < -0.39 is 16.9 Å². The summed E-state index contributed by atoms with van der Waals surface area (Å²) >= 11 is 0.598. The standard InChI is InChI=1S/C22H24F4S/c23-19-13-17(16-7-5-15(6-8-16)14-3-1-2-4-14)9-10-18(19)20-11-12-21(27-20)22(24,25)26/h9-16H,1-8H2. The fraction of sp³-hybridized carbons (Fsp3) is 0.545. The highest BCUT2D eigenvalue weighted by Crippen LogP contribution is 2.44. The minimum absolute atomic E-state index is 0.263. The van der Waals surface area contributed by atoms with Gasteiger partial charge in [-0.15, -0.1) is 11.3 Å². The summed E-state index contributed by atoms with van der Waals surface area (Å²) in [4.78, 5) is -0.359. The summed E-state index contributed by atoms with van der Waals surface area (Å²) < 4.78 is 53.0. The van der Waals surface area contributed by atoms with E-state index in [1.54, 1.807) is 12.1 Å². The molecule has 0 saturated heterocycles. The van der Waals surface area contributed by atoms with Crippen molar-refractivity contribution in [2.24, 2.45) is 11.8 Å². The molecule has 1 heterocycles. The summed E-state index contributed by atoms with van der Waals surface area (Å²) in [6.07, 6.45) is 5.74. The van der Waals surface area contributed by atoms with Crippen molar-refractivity contribution in [1.29, 1.82) is 0 Å². The Morgan fingerprint density at radius 1 is 0.815 bits per heavy atom. The maximum absolute atomic E-state index is 14.6. The molecular formula is C22H24F4S. The Kier molecular flexibility index (Phi) is 5.32. The third kappa shape index (κ3) is 4.08. The molecule has 0 bridgehead atoms. The van der Waals surface area contributed by atoms with Crippen molar-refractivity contribution in [3.63, 3.8) is 0 Å². The van der Waals surface area contributed by atoms with Crippen LogP contribution in [0.5, 0.6) is 0 Å². The maximum atomic E-state index is 14.6. The second kappa shape index (κ2) is 7.57. The van der Waals surface area contributed by atoms with Gasteiger partial charge in [-0.2, -0.15) is 13.2 Å². The van der Waals surface area contributed by atoms with Crippen LogP contribution >= 0.6 is 11.3 Å². The zero-order valence-corrected chi connectivity index (χ0v) is 16.0. The van der Waals surface area contributed by atoms with Crippen LogP contribution in [0.2, 0.25) is 0 Å². The highest BCUT2D eigenvalue weighted by molar-refractivity contribution is 7.15. The van der Waals surface area contributed by atoms with Crippen molar-refractivity contribution in [1.82, 2.24) is 0 Å². The zero-order valence-electron chi connectivity index (χ0n) is 15.2. The number of halogens is 4. The molecule has 0 amide bonds. The Bertz CT molecular complexity index is 778. The number of thiophene rings is 1. The minimum atomic E-state index is -4.38. The van der Waals surface area contributed by atoms with E-state index in [9.17, 15) is 17.6 Å². The van der Waals surface area contributed by atoms with Crippen LogP contribution in [0.15, 0.2) is 30.3 Å². The van der Waals surface area contributed by atoms with Crippen molar-refractivity contribution in [3.05, 3.63) is 46.6 Å². The van der Waals surface area contributed by atoms with Crippen LogP contribution in [-0.4, -0.2) is 0 Å². The second-order valence-corrected chi connectivity index (χ2v) is 9.14. The number of hydrogen-bond donors (Lipinski definition) is 0. The summed E-state index contributed by atoms with van der Waals surface area (Å²) in [7, 11) is 0. The molecule has 0 radical (unpaired) electrons. The molecule has 2 aliphatic carbocycles. The van der Waals surface area contributed by atoms with Crippen LogP contribution in [0, 0.1) is 17.7 Å². The van der Waals surface area contributed by atoms with Crippen molar-refractivity contribution in [3.8, 4) is 10.4 Å². The lowest BCUT2D eigenvalue weighted by molar-refractivity contribution is -0.134. The first-order valence-corrected chi connectivity index (χ1v) is 10.7. The molecular weight excluding hydrogens is 372 g/mol. The second-order valence-electron chi connectivity index (χ2n) is 8.06. The molecule has 0 unspecified atom stereocenters. The molecule has 2 aliphatic rings. The zero-order chi connectivity index (χ0) is 19.0. The lowest BCUT2D eigenvalue weighted by atomic mass is 9.73. The summed E-state index contributed by atoms with van der Waals surface area (Å²) in [6.45, 7) is 0. The first-order valence-electron chi connectivity index (χ1n) is 9.88. The summed E-state index contributed by atoms with van der Waals surface area (Å²) in [5.74, 6) is 1.69. The van der Waals surface area contributed by atoms with Crippen LogP contribution in [0.1, 0.15) is 67.7 Å². The van der Waals surface area contributed by atoms with Gasteiger partial charge in [0.25, 0.3) is 0 Å². The van der Waals surface area contributed by atoms with Gasteiger partial charge in [-0.1, -0.05) is 37.8 Å². The van der Waals surface area contributed by atoms with E-state index >= 15 is 0 Å². The smallest absolute Gasteiger partial charge is 0.206 e. The van der Waals surface area contributed by atoms with Gasteiger partial charge in [0.2, 0.25) is 0 Å². The van der Waals surface area contributed by atoms with Crippen LogP contribution in [0.25, 0.3) is 10.4 Å². The average molecular weight is 396 g/mol. The van der Waals surface area contributed by atoms with Crippen LogP contribution in [0.4, 0.5) is 17.6 Å². The number of rotatable bonds is 3. The van der Waals surface area contributed by atoms with E-state index in [2.05, 4.69) is 0 Å². The summed E-state index contributed by atoms with van der Waals surface area (Å²) in [5.41, 5.74) is 1.26. The van der Waals surface area contributed by atoms with Gasteiger partial charge in [-0.25, -0.2) is 4.39 Å². The Morgan fingerprint density at radius 2 is 1.48 bits per heavy atom. The van der Waals surface area contributed by atoms with Gasteiger partial charge in [-0.05, 0) is 67.2 Å². The van der Waals surface area contributed by atoms with Crippen LogP contribution < -0.4 is 0 Å². The maximum Gasteiger partial charge on any atom is 0.425 e. The molecule has 0 atom stereocenters. The Balaban J connectivity index is 1.45. The largest absolute Gasteiger partial charge is 0.425 e. The van der Waals surface area contributed by atoms with Crippen molar-refractivity contribution >= 4 is 11.3 Å². The number of hydrogen-bond acceptors (Lipinski definition) is 1. The Hall–Kier alpha value is -1.36. The van der Waals surface area contributed by atoms with Gasteiger partial charge in [0.15, 0.2) is 0 Å². The topological polar surface area (TPSA) is 0 Å². The summed E-state index contributed by atoms with van der Waals surface area (Å²) in [6, 6.07) is 7.49. The van der Waals surface area contributed by atoms with Crippen LogP contribution in [-0.2, 0) is 6.18 Å². The molecule has 0 nitrogen and oxygen atoms in total. The van der Waals surface area contributed by atoms with Gasteiger partial charge >= 0.3 is 6.18 Å². The van der Waals surface area contributed by atoms with E-state index in [4.69, 9.17) is 0 Å². The van der Waals surface area contributed by atoms with Gasteiger partial charge in [0, 0.05) is 10.4 Å². The first kappa shape index (κ1) is 19.0. The van der Waals surface area contributed by atoms with E-state index in [0.717, 1.165) is 36.3 Å². The Labute approximate surface area is 161 Å². The van der Waals surface area contributed by atoms with E-state index in [0.29, 0.717) is 22.1 Å². The quantitative estimate of drug-likeness (QED) is 0.461. The Morgan fingerprint density at radius 3 is 2.07 bits per heavy atom. The van der Waals surface area contributed by atoms with Crippen molar-refractivity contribution in [2.45, 2.75) is 63.5 Å². The fourth-order valence-corrected chi connectivity index (χ4v) is 5.87. The van der Waals surface area contributed by atoms with E-state index in [-0.39, 0.29) is 5.56 Å². The summed E-state index contributed by atoms with van der Waals surface area (Å²) in [5, 5.41) is 0. The molecule has 0 N–H and O–H groups in total. The van der Waals surface area contributed by atoms with Crippen molar-refractivity contribution < 1.29 is 17.6 Å². The molecule has 0 spiro atoms. The molecule has 1 aromatic heterocycles. The number of alkyl halides is 3. The molecule has 0 aliphatic heterocycles. The molecule has 1 aromatic carbocycles. The lowest BCUT2D eigenvalue weighted by Gasteiger charge is -2.32. The fourth-order valence-electron chi connectivity index (χ4n) is 4.97. The normalized spacial score (nSPS) is 24.4. The van der Waals surface area contributed by atoms with E-state index in [1.807, 2.05) is 6.07 Å². The molecule has 2 aromatic rings. The van der Waals surface area contributed by atoms with Crippen LogP contribution in [0.3, 0.4) is 0 Å². The first-order chi connectivity index (χ1) is 12.9.